The van der Waals surface area contributed by atoms with Crippen molar-refractivity contribution in [2.24, 2.45) is 7.05 Å². The van der Waals surface area contributed by atoms with Gasteiger partial charge in [0.25, 0.3) is 6.43 Å². The van der Waals surface area contributed by atoms with Crippen molar-refractivity contribution in [1.82, 2.24) is 25.0 Å². The van der Waals surface area contributed by atoms with Gasteiger partial charge in [-0.3, -0.25) is 14.3 Å². The van der Waals surface area contributed by atoms with Crippen LogP contribution in [0.15, 0.2) is 48.7 Å². The Hall–Kier alpha value is -3.76. The molecule has 7 nitrogen and oxygen atoms in total. The lowest BCUT2D eigenvalue weighted by Gasteiger charge is -2.26. The van der Waals surface area contributed by atoms with Gasteiger partial charge in [-0.2, -0.15) is 9.49 Å². The minimum atomic E-state index is -2.84. The minimum absolute atomic E-state index is 0.0200. The van der Waals surface area contributed by atoms with E-state index in [9.17, 15) is 27.2 Å². The van der Waals surface area contributed by atoms with Crippen molar-refractivity contribution < 1.29 is 27.2 Å². The van der Waals surface area contributed by atoms with Gasteiger partial charge in [0.2, 0.25) is 17.8 Å². The molecule has 2 fully saturated rings. The van der Waals surface area contributed by atoms with Crippen molar-refractivity contribution in [3.8, 4) is 0 Å². The highest BCUT2D eigenvalue weighted by Gasteiger charge is 2.41. The monoisotopic (exact) mass is 529 g/mol. The zero-order chi connectivity index (χ0) is 27.0. The third-order valence-electron chi connectivity index (χ3n) is 7.12. The van der Waals surface area contributed by atoms with E-state index in [1.54, 1.807) is 42.5 Å². The van der Waals surface area contributed by atoms with Crippen molar-refractivity contribution in [2.75, 3.05) is 6.54 Å². The summed E-state index contributed by atoms with van der Waals surface area (Å²) in [6, 6.07) is 10.2. The van der Waals surface area contributed by atoms with Gasteiger partial charge in [-0.25, -0.2) is 18.2 Å². The summed E-state index contributed by atoms with van der Waals surface area (Å²) in [7, 11) is 1.34. The Labute approximate surface area is 216 Å². The lowest BCUT2D eigenvalue weighted by molar-refractivity contribution is -0.138. The van der Waals surface area contributed by atoms with E-state index in [1.807, 2.05) is 0 Å². The molecular weight excluding hydrogens is 502 g/mol. The van der Waals surface area contributed by atoms with E-state index in [2.05, 4.69) is 15.4 Å². The van der Waals surface area contributed by atoms with E-state index in [0.29, 0.717) is 11.1 Å². The molecule has 2 amide bonds. The molecule has 0 radical (unpaired) electrons. The number of nitrogens with one attached hydrogen (secondary N) is 1. The van der Waals surface area contributed by atoms with Gasteiger partial charge in [0.15, 0.2) is 0 Å². The first-order chi connectivity index (χ1) is 18.2. The van der Waals surface area contributed by atoms with Crippen molar-refractivity contribution in [3.63, 3.8) is 0 Å². The van der Waals surface area contributed by atoms with Crippen LogP contribution in [0.5, 0.6) is 0 Å². The summed E-state index contributed by atoms with van der Waals surface area (Å²) in [5.74, 6) is -1.73. The molecule has 3 aromatic rings. The number of nitrogens with zero attached hydrogens (tertiary/aromatic N) is 4. The molecular formula is C27H27F4N5O2. The molecule has 2 aliphatic rings. The summed E-state index contributed by atoms with van der Waals surface area (Å²) >= 11 is 0. The molecule has 3 unspecified atom stereocenters. The topological polar surface area (TPSA) is 80.1 Å². The Morgan fingerprint density at radius 3 is 2.53 bits per heavy atom. The number of alkyl halides is 3. The predicted molar refractivity (Wildman–Crippen MR) is 129 cm³/mol. The second kappa shape index (κ2) is 10.5. The standard InChI is InChI=1S/C27H27F4N5O2/c1-35-24(25(29)30)17(13-32-35)11-22(37)36-14-18(28)12-21(36)27(38)34-23(16-5-3-2-4-6-16)20-10-9-19(15-7-8-15)26(31)33-20/h2-6,9-10,13,15,18,21,23,25H,7-8,11-12,14H2,1H3,(H,34,38). The molecule has 1 aliphatic carbocycles. The fraction of sp³-hybridized carbons (Fsp3) is 0.407. The highest BCUT2D eigenvalue weighted by molar-refractivity contribution is 5.89. The van der Waals surface area contributed by atoms with Crippen LogP contribution in [0.4, 0.5) is 17.6 Å². The largest absolute Gasteiger partial charge is 0.342 e. The second-order valence-corrected chi connectivity index (χ2v) is 9.79. The lowest BCUT2D eigenvalue weighted by Crippen LogP contribution is -2.47. The van der Waals surface area contributed by atoms with E-state index in [4.69, 9.17) is 0 Å². The van der Waals surface area contributed by atoms with Crippen molar-refractivity contribution in [1.29, 1.82) is 0 Å². The zero-order valence-electron chi connectivity index (χ0n) is 20.7. The van der Waals surface area contributed by atoms with E-state index in [-0.39, 0.29) is 30.1 Å². The molecule has 2 aromatic heterocycles. The van der Waals surface area contributed by atoms with Crippen LogP contribution in [-0.4, -0.2) is 50.2 Å². The van der Waals surface area contributed by atoms with Gasteiger partial charge in [0, 0.05) is 24.6 Å². The molecule has 1 aliphatic heterocycles. The van der Waals surface area contributed by atoms with E-state index in [0.717, 1.165) is 22.4 Å². The van der Waals surface area contributed by atoms with Gasteiger partial charge in [0.05, 0.1) is 30.9 Å². The number of hydrogen-bond donors (Lipinski definition) is 1. The molecule has 1 N–H and O–H groups in total. The number of halogens is 4. The van der Waals surface area contributed by atoms with Gasteiger partial charge in [-0.1, -0.05) is 36.4 Å². The molecule has 11 heteroatoms. The van der Waals surface area contributed by atoms with E-state index >= 15 is 0 Å². The average Bonchev–Trinajstić information content (AvgIpc) is 3.55. The maximum atomic E-state index is 14.8. The molecule has 3 heterocycles. The highest BCUT2D eigenvalue weighted by Crippen LogP contribution is 2.41. The SMILES string of the molecule is Cn1ncc(CC(=O)N2CC(F)CC2C(=O)NC(c2ccccc2)c2ccc(C3CC3)c(F)n2)c1C(F)F. The van der Waals surface area contributed by atoms with Crippen LogP contribution in [-0.2, 0) is 23.1 Å². The molecule has 5 rings (SSSR count). The molecule has 3 atom stereocenters. The molecule has 1 saturated heterocycles. The number of pyridine rings is 1. The molecule has 0 bridgehead atoms. The van der Waals surface area contributed by atoms with Crippen LogP contribution in [0, 0.1) is 5.95 Å². The summed E-state index contributed by atoms with van der Waals surface area (Å²) in [5, 5.41) is 6.62. The van der Waals surface area contributed by atoms with E-state index in [1.165, 1.54) is 13.2 Å². The number of likely N-dealkylation sites (tertiary alicyclic amines) is 1. The number of amides is 2. The van der Waals surface area contributed by atoms with Crippen LogP contribution in [0.2, 0.25) is 0 Å². The fourth-order valence-electron chi connectivity index (χ4n) is 5.01. The van der Waals surface area contributed by atoms with Crippen LogP contribution >= 0.6 is 0 Å². The smallest absolute Gasteiger partial charge is 0.280 e. The maximum Gasteiger partial charge on any atom is 0.280 e. The Kier molecular flexibility index (Phi) is 7.18. The maximum absolute atomic E-state index is 14.8. The number of benzene rings is 1. The third kappa shape index (κ3) is 5.27. The number of aromatic nitrogens is 3. The molecule has 1 aromatic carbocycles. The summed E-state index contributed by atoms with van der Waals surface area (Å²) in [4.78, 5) is 31.7. The van der Waals surface area contributed by atoms with Crippen molar-refractivity contribution >= 4 is 11.8 Å². The van der Waals surface area contributed by atoms with Crippen molar-refractivity contribution in [2.45, 2.75) is 56.3 Å². The number of hydrogen-bond acceptors (Lipinski definition) is 4. The number of carbonyl (C=O) groups is 2. The second-order valence-electron chi connectivity index (χ2n) is 9.79. The lowest BCUT2D eigenvalue weighted by atomic mass is 10.0. The van der Waals surface area contributed by atoms with Crippen LogP contribution in [0.3, 0.4) is 0 Å². The van der Waals surface area contributed by atoms with E-state index < -0.39 is 54.6 Å². The molecule has 38 heavy (non-hydrogen) atoms. The fourth-order valence-corrected chi connectivity index (χ4v) is 5.01. The summed E-state index contributed by atoms with van der Waals surface area (Å²) < 4.78 is 57.1. The Morgan fingerprint density at radius 2 is 1.87 bits per heavy atom. The number of carbonyl (C=O) groups excluding carboxylic acids is 2. The minimum Gasteiger partial charge on any atom is -0.342 e. The quantitative estimate of drug-likeness (QED) is 0.351. The number of rotatable bonds is 8. The van der Waals surface area contributed by atoms with Gasteiger partial charge >= 0.3 is 0 Å². The third-order valence-corrected chi connectivity index (χ3v) is 7.12. The molecule has 1 saturated carbocycles. The first kappa shape index (κ1) is 25.9. The summed E-state index contributed by atoms with van der Waals surface area (Å²) in [5.41, 5.74) is 1.07. The summed E-state index contributed by atoms with van der Waals surface area (Å²) in [6.07, 6.45) is -1.99. The first-order valence-electron chi connectivity index (χ1n) is 12.5. The van der Waals surface area contributed by atoms with Crippen LogP contribution in [0.25, 0.3) is 0 Å². The zero-order valence-corrected chi connectivity index (χ0v) is 20.7. The highest BCUT2D eigenvalue weighted by atomic mass is 19.3. The number of aryl methyl sites for hydroxylation is 1. The summed E-state index contributed by atoms with van der Waals surface area (Å²) in [6.45, 7) is -0.333. The van der Waals surface area contributed by atoms with Crippen molar-refractivity contribution in [3.05, 3.63) is 82.7 Å². The molecule has 0 spiro atoms. The van der Waals surface area contributed by atoms with Gasteiger partial charge in [-0.15, -0.1) is 0 Å². The Balaban J connectivity index is 1.38. The van der Waals surface area contributed by atoms with Crippen LogP contribution in [0.1, 0.15) is 65.7 Å². The first-order valence-corrected chi connectivity index (χ1v) is 12.5. The average molecular weight is 530 g/mol. The normalized spacial score (nSPS) is 20.1. The van der Waals surface area contributed by atoms with Crippen LogP contribution < -0.4 is 5.32 Å². The Morgan fingerprint density at radius 1 is 1.13 bits per heavy atom. The van der Waals surface area contributed by atoms with Gasteiger partial charge in [-0.05, 0) is 30.4 Å². The van der Waals surface area contributed by atoms with Gasteiger partial charge < -0.3 is 10.2 Å². The Bertz CT molecular complexity index is 1330. The molecule has 200 valence electrons. The van der Waals surface area contributed by atoms with Gasteiger partial charge in [0.1, 0.15) is 17.9 Å². The predicted octanol–water partition coefficient (Wildman–Crippen LogP) is 4.16.